The monoisotopic (exact) mass is 274 g/mol. The molecule has 6 heteroatoms. The summed E-state index contributed by atoms with van der Waals surface area (Å²) in [6.07, 6.45) is 1.21. The van der Waals surface area contributed by atoms with E-state index in [1.165, 1.54) is 30.5 Å². The van der Waals surface area contributed by atoms with E-state index in [0.717, 1.165) is 17.8 Å². The van der Waals surface area contributed by atoms with E-state index < -0.39 is 11.8 Å². The number of halogens is 1. The summed E-state index contributed by atoms with van der Waals surface area (Å²) in [5, 5.41) is 17.8. The minimum absolute atomic E-state index is 0.0738. The third-order valence-electron chi connectivity index (χ3n) is 2.26. The molecular formula is C13H7FN2O2S. The number of pyridine rings is 1. The van der Waals surface area contributed by atoms with Gasteiger partial charge in [-0.2, -0.15) is 5.26 Å². The number of rotatable bonds is 3. The molecule has 0 saturated heterocycles. The zero-order chi connectivity index (χ0) is 13.8. The lowest BCUT2D eigenvalue weighted by molar-refractivity contribution is 0.0696. The Bertz CT molecular complexity index is 665. The van der Waals surface area contributed by atoms with Gasteiger partial charge in [-0.25, -0.2) is 14.2 Å². The smallest absolute Gasteiger partial charge is 0.337 e. The van der Waals surface area contributed by atoms with Crippen molar-refractivity contribution in [3.05, 3.63) is 53.5 Å². The minimum Gasteiger partial charge on any atom is -0.478 e. The number of aromatic nitrogens is 1. The fraction of sp³-hybridized carbons (Fsp3) is 0. The Kier molecular flexibility index (Phi) is 3.78. The number of nitriles is 1. The van der Waals surface area contributed by atoms with E-state index in [2.05, 4.69) is 4.98 Å². The van der Waals surface area contributed by atoms with Crippen LogP contribution in [0, 0.1) is 17.1 Å². The number of nitrogens with zero attached hydrogens (tertiary/aromatic N) is 2. The van der Waals surface area contributed by atoms with Crippen LogP contribution in [0.3, 0.4) is 0 Å². The summed E-state index contributed by atoms with van der Waals surface area (Å²) in [6, 6.07) is 8.91. The predicted molar refractivity (Wildman–Crippen MR) is 66.4 cm³/mol. The van der Waals surface area contributed by atoms with Crippen LogP contribution in [0.25, 0.3) is 0 Å². The summed E-state index contributed by atoms with van der Waals surface area (Å²) in [5.74, 6) is -1.57. The first-order valence-corrected chi connectivity index (χ1v) is 5.98. The number of hydrogen-bond donors (Lipinski definition) is 1. The van der Waals surface area contributed by atoms with E-state index in [1.807, 2.05) is 6.07 Å². The molecule has 2 aromatic rings. The summed E-state index contributed by atoms with van der Waals surface area (Å²) in [4.78, 5) is 14.9. The molecule has 94 valence electrons. The van der Waals surface area contributed by atoms with Crippen molar-refractivity contribution in [3.8, 4) is 6.07 Å². The van der Waals surface area contributed by atoms with E-state index in [9.17, 15) is 9.18 Å². The Labute approximate surface area is 112 Å². The first kappa shape index (κ1) is 13.1. The first-order chi connectivity index (χ1) is 9.10. The fourth-order valence-electron chi connectivity index (χ4n) is 1.33. The Morgan fingerprint density at radius 3 is 2.68 bits per heavy atom. The maximum Gasteiger partial charge on any atom is 0.337 e. The standard InChI is InChI=1S/C13H7FN2O2S/c14-10-5-8(6-15)1-3-11(10)19-12-4-2-9(7-16-12)13(17)18/h1-5,7H,(H,17,18). The van der Waals surface area contributed by atoms with Gasteiger partial charge >= 0.3 is 5.97 Å². The highest BCUT2D eigenvalue weighted by atomic mass is 32.2. The van der Waals surface area contributed by atoms with Gasteiger partial charge in [0, 0.05) is 11.1 Å². The van der Waals surface area contributed by atoms with Crippen molar-refractivity contribution in [2.45, 2.75) is 9.92 Å². The zero-order valence-corrected chi connectivity index (χ0v) is 10.3. The third-order valence-corrected chi connectivity index (χ3v) is 3.26. The molecular weight excluding hydrogens is 267 g/mol. The average Bonchev–Trinajstić information content (AvgIpc) is 2.41. The molecule has 1 aromatic heterocycles. The van der Waals surface area contributed by atoms with Crippen LogP contribution < -0.4 is 0 Å². The Balaban J connectivity index is 2.22. The van der Waals surface area contributed by atoms with Crippen LogP contribution in [0.4, 0.5) is 4.39 Å². The van der Waals surface area contributed by atoms with Crippen molar-refractivity contribution in [3.63, 3.8) is 0 Å². The molecule has 0 unspecified atom stereocenters. The Morgan fingerprint density at radius 2 is 2.16 bits per heavy atom. The second-order valence-corrected chi connectivity index (χ2v) is 4.61. The molecule has 0 spiro atoms. The van der Waals surface area contributed by atoms with E-state index in [4.69, 9.17) is 10.4 Å². The van der Waals surface area contributed by atoms with E-state index in [1.54, 1.807) is 0 Å². The molecule has 0 atom stereocenters. The third kappa shape index (κ3) is 3.09. The lowest BCUT2D eigenvalue weighted by Gasteiger charge is -2.03. The van der Waals surface area contributed by atoms with Crippen LogP contribution in [0.1, 0.15) is 15.9 Å². The summed E-state index contributed by atoms with van der Waals surface area (Å²) in [6.45, 7) is 0. The number of carboxylic acid groups (broad SMARTS) is 1. The zero-order valence-electron chi connectivity index (χ0n) is 9.50. The number of benzene rings is 1. The summed E-state index contributed by atoms with van der Waals surface area (Å²) in [5.41, 5.74) is 0.320. The van der Waals surface area contributed by atoms with Crippen molar-refractivity contribution in [1.29, 1.82) is 5.26 Å². The van der Waals surface area contributed by atoms with Crippen molar-refractivity contribution in [1.82, 2.24) is 4.98 Å². The highest BCUT2D eigenvalue weighted by molar-refractivity contribution is 7.99. The van der Waals surface area contributed by atoms with Crippen LogP contribution in [-0.4, -0.2) is 16.1 Å². The van der Waals surface area contributed by atoms with Gasteiger partial charge in [0.05, 0.1) is 17.2 Å². The van der Waals surface area contributed by atoms with Gasteiger partial charge in [-0.1, -0.05) is 11.8 Å². The molecule has 1 heterocycles. The van der Waals surface area contributed by atoms with Gasteiger partial charge in [0.2, 0.25) is 0 Å². The highest BCUT2D eigenvalue weighted by Gasteiger charge is 2.08. The second-order valence-electron chi connectivity index (χ2n) is 3.55. The summed E-state index contributed by atoms with van der Waals surface area (Å²) >= 11 is 1.07. The topological polar surface area (TPSA) is 74.0 Å². The van der Waals surface area contributed by atoms with Crippen LogP contribution in [0.15, 0.2) is 46.5 Å². The second kappa shape index (κ2) is 5.50. The molecule has 0 bridgehead atoms. The SMILES string of the molecule is N#Cc1ccc(Sc2ccc(C(=O)O)cn2)c(F)c1. The van der Waals surface area contributed by atoms with Gasteiger partial charge in [-0.05, 0) is 30.3 Å². The lowest BCUT2D eigenvalue weighted by atomic mass is 10.2. The minimum atomic E-state index is -1.06. The van der Waals surface area contributed by atoms with E-state index >= 15 is 0 Å². The van der Waals surface area contributed by atoms with E-state index in [-0.39, 0.29) is 11.1 Å². The molecule has 0 saturated carbocycles. The molecule has 0 aliphatic carbocycles. The van der Waals surface area contributed by atoms with Gasteiger partial charge in [-0.15, -0.1) is 0 Å². The Morgan fingerprint density at radius 1 is 1.37 bits per heavy atom. The quantitative estimate of drug-likeness (QED) is 0.931. The van der Waals surface area contributed by atoms with Crippen molar-refractivity contribution in [2.75, 3.05) is 0 Å². The molecule has 1 aromatic carbocycles. The van der Waals surface area contributed by atoms with Crippen LogP contribution >= 0.6 is 11.8 Å². The maximum atomic E-state index is 13.6. The van der Waals surface area contributed by atoms with Crippen molar-refractivity contribution < 1.29 is 14.3 Å². The van der Waals surface area contributed by atoms with Gasteiger partial charge in [-0.3, -0.25) is 0 Å². The number of hydrogen-bond acceptors (Lipinski definition) is 4. The predicted octanol–water partition coefficient (Wildman–Crippen LogP) is 2.94. The number of aromatic carboxylic acids is 1. The fourth-order valence-corrected chi connectivity index (χ4v) is 2.09. The molecule has 0 fully saturated rings. The molecule has 2 rings (SSSR count). The Hall–Kier alpha value is -2.39. The molecule has 0 aliphatic heterocycles. The van der Waals surface area contributed by atoms with Crippen LogP contribution in [0.5, 0.6) is 0 Å². The molecule has 1 N–H and O–H groups in total. The summed E-state index contributed by atoms with van der Waals surface area (Å²) < 4.78 is 13.6. The molecule has 19 heavy (non-hydrogen) atoms. The maximum absolute atomic E-state index is 13.6. The van der Waals surface area contributed by atoms with Crippen LogP contribution in [-0.2, 0) is 0 Å². The lowest BCUT2D eigenvalue weighted by Crippen LogP contribution is -1.96. The first-order valence-electron chi connectivity index (χ1n) is 5.17. The van der Waals surface area contributed by atoms with Crippen molar-refractivity contribution in [2.24, 2.45) is 0 Å². The van der Waals surface area contributed by atoms with Crippen LogP contribution in [0.2, 0.25) is 0 Å². The van der Waals surface area contributed by atoms with E-state index in [0.29, 0.717) is 9.92 Å². The van der Waals surface area contributed by atoms with Gasteiger partial charge in [0.25, 0.3) is 0 Å². The average molecular weight is 274 g/mol. The van der Waals surface area contributed by atoms with Gasteiger partial charge in [0.1, 0.15) is 10.8 Å². The number of carboxylic acids is 1. The highest BCUT2D eigenvalue weighted by Crippen LogP contribution is 2.28. The normalized spacial score (nSPS) is 9.89. The van der Waals surface area contributed by atoms with Crippen molar-refractivity contribution >= 4 is 17.7 Å². The molecule has 0 amide bonds. The van der Waals surface area contributed by atoms with Gasteiger partial charge in [0.15, 0.2) is 0 Å². The summed E-state index contributed by atoms with van der Waals surface area (Å²) in [7, 11) is 0. The number of carbonyl (C=O) groups is 1. The largest absolute Gasteiger partial charge is 0.478 e. The molecule has 0 radical (unpaired) electrons. The molecule has 0 aliphatic rings. The molecule has 4 nitrogen and oxygen atoms in total. The van der Waals surface area contributed by atoms with Gasteiger partial charge < -0.3 is 5.11 Å².